The molecule has 35 heavy (non-hydrogen) atoms. The van der Waals surface area contributed by atoms with Gasteiger partial charge in [0.15, 0.2) is 17.1 Å². The van der Waals surface area contributed by atoms with E-state index in [2.05, 4.69) is 15.7 Å². The zero-order valence-electron chi connectivity index (χ0n) is 19.3. The second-order valence-corrected chi connectivity index (χ2v) is 7.39. The number of fused-ring (bicyclic) bond motifs is 1. The van der Waals surface area contributed by atoms with Gasteiger partial charge in [0.25, 0.3) is 5.91 Å². The Kier molecular flexibility index (Phi) is 6.67. The number of nitrogens with one attached hydrogen (secondary N) is 2. The summed E-state index contributed by atoms with van der Waals surface area (Å²) in [5.41, 5.74) is 1.05. The minimum absolute atomic E-state index is 0.254. The molecule has 2 aromatic heterocycles. The SMILES string of the molecule is COc1ccc(NC(=O)c2ccc3nn(CC(=O)Nc4ccc(OC)c(OC)c4)c(=O)n3c2)cc1. The van der Waals surface area contributed by atoms with Crippen LogP contribution in [-0.2, 0) is 11.3 Å². The number of nitrogens with zero attached hydrogens (tertiary/aromatic N) is 3. The Labute approximate surface area is 199 Å². The van der Waals surface area contributed by atoms with Gasteiger partial charge in [-0.1, -0.05) is 0 Å². The van der Waals surface area contributed by atoms with Crippen molar-refractivity contribution in [3.8, 4) is 17.2 Å². The third-order valence-corrected chi connectivity index (χ3v) is 5.15. The van der Waals surface area contributed by atoms with Gasteiger partial charge in [-0.3, -0.25) is 9.59 Å². The first-order valence-corrected chi connectivity index (χ1v) is 10.5. The number of methoxy groups -OCH3 is 3. The molecule has 11 nitrogen and oxygen atoms in total. The van der Waals surface area contributed by atoms with E-state index < -0.39 is 17.5 Å². The molecule has 0 aliphatic rings. The first kappa shape index (κ1) is 23.4. The number of anilines is 2. The largest absolute Gasteiger partial charge is 0.497 e. The first-order chi connectivity index (χ1) is 16.9. The average molecular weight is 477 g/mol. The van der Waals surface area contributed by atoms with Crippen molar-refractivity contribution in [2.75, 3.05) is 32.0 Å². The molecule has 11 heteroatoms. The molecule has 180 valence electrons. The molecule has 0 saturated carbocycles. The Hall–Kier alpha value is -4.80. The molecule has 0 spiro atoms. The van der Waals surface area contributed by atoms with Crippen molar-refractivity contribution in [2.24, 2.45) is 0 Å². The zero-order valence-corrected chi connectivity index (χ0v) is 19.3. The summed E-state index contributed by atoms with van der Waals surface area (Å²) in [5.74, 6) is 0.784. The van der Waals surface area contributed by atoms with Crippen molar-refractivity contribution in [1.82, 2.24) is 14.2 Å². The van der Waals surface area contributed by atoms with Crippen molar-refractivity contribution in [3.63, 3.8) is 0 Å². The van der Waals surface area contributed by atoms with Gasteiger partial charge in [0.2, 0.25) is 5.91 Å². The molecule has 2 aromatic carbocycles. The molecule has 0 aliphatic heterocycles. The fraction of sp³-hybridized carbons (Fsp3) is 0.167. The van der Waals surface area contributed by atoms with Crippen LogP contribution in [0, 0.1) is 0 Å². The van der Waals surface area contributed by atoms with Crippen LogP contribution in [0.4, 0.5) is 11.4 Å². The number of pyridine rings is 1. The molecule has 2 N–H and O–H groups in total. The minimum Gasteiger partial charge on any atom is -0.497 e. The van der Waals surface area contributed by atoms with E-state index in [0.29, 0.717) is 34.3 Å². The van der Waals surface area contributed by atoms with Gasteiger partial charge in [-0.25, -0.2) is 13.9 Å². The second-order valence-electron chi connectivity index (χ2n) is 7.39. The van der Waals surface area contributed by atoms with Crippen molar-refractivity contribution in [2.45, 2.75) is 6.54 Å². The van der Waals surface area contributed by atoms with Crippen LogP contribution >= 0.6 is 0 Å². The summed E-state index contributed by atoms with van der Waals surface area (Å²) < 4.78 is 17.8. The van der Waals surface area contributed by atoms with E-state index in [4.69, 9.17) is 14.2 Å². The number of amides is 2. The Bertz CT molecular complexity index is 1440. The number of hydrogen-bond acceptors (Lipinski definition) is 7. The van der Waals surface area contributed by atoms with Gasteiger partial charge in [-0.15, -0.1) is 5.10 Å². The summed E-state index contributed by atoms with van der Waals surface area (Å²) in [4.78, 5) is 38.0. The van der Waals surface area contributed by atoms with Crippen molar-refractivity contribution in [3.05, 3.63) is 76.8 Å². The molecule has 0 atom stereocenters. The van der Waals surface area contributed by atoms with Crippen LogP contribution < -0.4 is 30.5 Å². The molecule has 4 rings (SSSR count). The maximum atomic E-state index is 12.8. The molecule has 0 saturated heterocycles. The monoisotopic (exact) mass is 477 g/mol. The second kappa shape index (κ2) is 10.00. The predicted octanol–water partition coefficient (Wildman–Crippen LogP) is 2.41. The number of carbonyl (C=O) groups excluding carboxylic acids is 2. The van der Waals surface area contributed by atoms with Gasteiger partial charge in [0, 0.05) is 23.6 Å². The van der Waals surface area contributed by atoms with Crippen LogP contribution in [0.25, 0.3) is 5.65 Å². The third kappa shape index (κ3) is 5.08. The van der Waals surface area contributed by atoms with Gasteiger partial charge in [-0.05, 0) is 48.5 Å². The Morgan fingerprint density at radius 3 is 2.26 bits per heavy atom. The molecular weight excluding hydrogens is 454 g/mol. The average Bonchev–Trinajstić information content (AvgIpc) is 3.18. The lowest BCUT2D eigenvalue weighted by molar-refractivity contribution is -0.117. The normalized spacial score (nSPS) is 10.6. The summed E-state index contributed by atoms with van der Waals surface area (Å²) >= 11 is 0. The van der Waals surface area contributed by atoms with Gasteiger partial charge in [0.05, 0.1) is 26.9 Å². The van der Waals surface area contributed by atoms with Crippen LogP contribution in [0.1, 0.15) is 10.4 Å². The van der Waals surface area contributed by atoms with E-state index in [-0.39, 0.29) is 12.1 Å². The van der Waals surface area contributed by atoms with E-state index in [1.165, 1.54) is 30.9 Å². The molecule has 0 bridgehead atoms. The maximum Gasteiger partial charge on any atom is 0.350 e. The standard InChI is InChI=1S/C24H23N5O6/c1-33-18-8-5-16(6-9-18)26-23(31)15-4-11-21-27-29(24(32)28(21)13-15)14-22(30)25-17-7-10-19(34-2)20(12-17)35-3/h4-13H,14H2,1-3H3,(H,25,30)(H,26,31). The number of carbonyl (C=O) groups is 2. The topological polar surface area (TPSA) is 125 Å². The van der Waals surface area contributed by atoms with Crippen molar-refractivity contribution < 1.29 is 23.8 Å². The highest BCUT2D eigenvalue weighted by atomic mass is 16.5. The zero-order chi connectivity index (χ0) is 24.9. The number of ether oxygens (including phenoxy) is 3. The van der Waals surface area contributed by atoms with Crippen LogP contribution in [0.15, 0.2) is 65.6 Å². The number of rotatable bonds is 8. The van der Waals surface area contributed by atoms with Crippen molar-refractivity contribution in [1.29, 1.82) is 0 Å². The Morgan fingerprint density at radius 2 is 1.57 bits per heavy atom. The summed E-state index contributed by atoms with van der Waals surface area (Å²) in [5, 5.41) is 9.63. The molecule has 0 fully saturated rings. The molecule has 2 amide bonds. The predicted molar refractivity (Wildman–Crippen MR) is 129 cm³/mol. The first-order valence-electron chi connectivity index (χ1n) is 10.5. The Balaban J connectivity index is 1.49. The lowest BCUT2D eigenvalue weighted by Gasteiger charge is -2.10. The van der Waals surface area contributed by atoms with Crippen molar-refractivity contribution >= 4 is 28.8 Å². The maximum absolute atomic E-state index is 12.8. The highest BCUT2D eigenvalue weighted by molar-refractivity contribution is 6.04. The molecule has 2 heterocycles. The van der Waals surface area contributed by atoms with E-state index in [1.54, 1.807) is 55.6 Å². The fourth-order valence-corrected chi connectivity index (χ4v) is 3.38. The fourth-order valence-electron chi connectivity index (χ4n) is 3.38. The summed E-state index contributed by atoms with van der Waals surface area (Å²) in [6, 6.07) is 14.9. The van der Waals surface area contributed by atoms with Gasteiger partial charge in [0.1, 0.15) is 12.3 Å². The quantitative estimate of drug-likeness (QED) is 0.399. The van der Waals surface area contributed by atoms with Crippen LogP contribution in [0.3, 0.4) is 0 Å². The van der Waals surface area contributed by atoms with E-state index in [1.807, 2.05) is 0 Å². The number of benzene rings is 2. The van der Waals surface area contributed by atoms with Crippen LogP contribution in [0.2, 0.25) is 0 Å². The van der Waals surface area contributed by atoms with Crippen LogP contribution in [-0.4, -0.2) is 47.3 Å². The smallest absolute Gasteiger partial charge is 0.350 e. The molecule has 0 unspecified atom stereocenters. The summed E-state index contributed by atoms with van der Waals surface area (Å²) in [6.45, 7) is -0.317. The molecule has 0 aliphatic carbocycles. The highest BCUT2D eigenvalue weighted by Gasteiger charge is 2.15. The number of hydrogen-bond donors (Lipinski definition) is 2. The molecular formula is C24H23N5O6. The molecule has 4 aromatic rings. The van der Waals surface area contributed by atoms with Crippen LogP contribution in [0.5, 0.6) is 17.2 Å². The number of aromatic nitrogens is 3. The van der Waals surface area contributed by atoms with E-state index >= 15 is 0 Å². The van der Waals surface area contributed by atoms with E-state index in [9.17, 15) is 14.4 Å². The van der Waals surface area contributed by atoms with Gasteiger partial charge >= 0.3 is 5.69 Å². The summed E-state index contributed by atoms with van der Waals surface area (Å²) in [7, 11) is 4.56. The lowest BCUT2D eigenvalue weighted by atomic mass is 10.2. The van der Waals surface area contributed by atoms with Gasteiger partial charge in [-0.2, -0.15) is 0 Å². The summed E-state index contributed by atoms with van der Waals surface area (Å²) in [6.07, 6.45) is 1.38. The lowest BCUT2D eigenvalue weighted by Crippen LogP contribution is -2.28. The molecule has 0 radical (unpaired) electrons. The van der Waals surface area contributed by atoms with E-state index in [0.717, 1.165) is 4.68 Å². The minimum atomic E-state index is -0.554. The Morgan fingerprint density at radius 1 is 0.857 bits per heavy atom. The van der Waals surface area contributed by atoms with Gasteiger partial charge < -0.3 is 24.8 Å². The third-order valence-electron chi connectivity index (χ3n) is 5.15. The highest BCUT2D eigenvalue weighted by Crippen LogP contribution is 2.29.